The minimum absolute atomic E-state index is 0.225. The number of hydrogen-bond acceptors (Lipinski definition) is 3. The van der Waals surface area contributed by atoms with Crippen LogP contribution in [-0.2, 0) is 4.74 Å². The maximum Gasteiger partial charge on any atom is 0.191 e. The molecule has 1 rings (SSSR count). The second-order valence-electron chi connectivity index (χ2n) is 5.25. The number of rotatable bonds is 7. The standard InChI is InChI=1S/C16H28N4O/c1-13(12-21-5)19-16(17-3)18-11-14(2)20(4)15-9-7-6-8-10-15/h6-10,13-14H,11-12H2,1-5H3,(H2,17,18,19). The van der Waals surface area contributed by atoms with Crippen molar-refractivity contribution in [2.24, 2.45) is 4.99 Å². The normalized spacial score (nSPS) is 14.4. The van der Waals surface area contributed by atoms with Crippen LogP contribution >= 0.6 is 0 Å². The maximum absolute atomic E-state index is 5.12. The first-order valence-corrected chi connectivity index (χ1v) is 7.32. The third-order valence-electron chi connectivity index (χ3n) is 3.41. The van der Waals surface area contributed by atoms with E-state index >= 15 is 0 Å². The second-order valence-corrected chi connectivity index (χ2v) is 5.25. The van der Waals surface area contributed by atoms with Gasteiger partial charge in [0, 0.05) is 45.5 Å². The number of hydrogen-bond donors (Lipinski definition) is 2. The molecule has 118 valence electrons. The fourth-order valence-electron chi connectivity index (χ4n) is 2.02. The summed E-state index contributed by atoms with van der Waals surface area (Å²) in [5, 5.41) is 6.65. The molecule has 2 unspecified atom stereocenters. The highest BCUT2D eigenvalue weighted by atomic mass is 16.5. The summed E-state index contributed by atoms with van der Waals surface area (Å²) >= 11 is 0. The van der Waals surface area contributed by atoms with E-state index in [4.69, 9.17) is 4.74 Å². The topological polar surface area (TPSA) is 48.9 Å². The number of nitrogens with one attached hydrogen (secondary N) is 2. The molecule has 21 heavy (non-hydrogen) atoms. The summed E-state index contributed by atoms with van der Waals surface area (Å²) in [6.07, 6.45) is 0. The van der Waals surface area contributed by atoms with E-state index in [-0.39, 0.29) is 6.04 Å². The average Bonchev–Trinajstić information content (AvgIpc) is 2.51. The molecule has 5 nitrogen and oxygen atoms in total. The number of para-hydroxylation sites is 1. The Morgan fingerprint density at radius 1 is 1.29 bits per heavy atom. The molecule has 0 radical (unpaired) electrons. The molecule has 0 saturated heterocycles. The van der Waals surface area contributed by atoms with Crippen LogP contribution in [0.3, 0.4) is 0 Å². The molecule has 1 aromatic carbocycles. The first-order chi connectivity index (χ1) is 10.1. The van der Waals surface area contributed by atoms with E-state index in [1.54, 1.807) is 14.2 Å². The lowest BCUT2D eigenvalue weighted by molar-refractivity contribution is 0.179. The van der Waals surface area contributed by atoms with Gasteiger partial charge in [-0.25, -0.2) is 0 Å². The Balaban J connectivity index is 2.45. The van der Waals surface area contributed by atoms with Crippen LogP contribution in [0, 0.1) is 0 Å². The lowest BCUT2D eigenvalue weighted by Crippen LogP contribution is -2.48. The Labute approximate surface area is 128 Å². The zero-order valence-corrected chi connectivity index (χ0v) is 13.8. The highest BCUT2D eigenvalue weighted by molar-refractivity contribution is 5.80. The van der Waals surface area contributed by atoms with Gasteiger partial charge < -0.3 is 20.3 Å². The van der Waals surface area contributed by atoms with Crippen molar-refractivity contribution in [1.29, 1.82) is 0 Å². The van der Waals surface area contributed by atoms with Crippen molar-refractivity contribution < 1.29 is 4.74 Å². The van der Waals surface area contributed by atoms with Crippen molar-refractivity contribution >= 4 is 11.6 Å². The quantitative estimate of drug-likeness (QED) is 0.593. The molecule has 0 aliphatic rings. The second kappa shape index (κ2) is 9.23. The molecule has 0 aromatic heterocycles. The highest BCUT2D eigenvalue weighted by Gasteiger charge is 2.11. The van der Waals surface area contributed by atoms with Gasteiger partial charge in [0.25, 0.3) is 0 Å². The molecule has 0 saturated carbocycles. The molecule has 5 heteroatoms. The van der Waals surface area contributed by atoms with Crippen LogP contribution in [-0.4, -0.2) is 52.4 Å². The Morgan fingerprint density at radius 2 is 1.95 bits per heavy atom. The average molecular weight is 292 g/mol. The Hall–Kier alpha value is -1.75. The number of aliphatic imine (C=N–C) groups is 1. The minimum Gasteiger partial charge on any atom is -0.383 e. The van der Waals surface area contributed by atoms with Crippen LogP contribution in [0.5, 0.6) is 0 Å². The SMILES string of the molecule is CN=C(NCC(C)N(C)c1ccccc1)NC(C)COC. The van der Waals surface area contributed by atoms with Crippen molar-refractivity contribution in [3.8, 4) is 0 Å². The predicted octanol–water partition coefficient (Wildman–Crippen LogP) is 1.71. The fraction of sp³-hybridized carbons (Fsp3) is 0.562. The van der Waals surface area contributed by atoms with E-state index in [0.717, 1.165) is 12.5 Å². The summed E-state index contributed by atoms with van der Waals surface area (Å²) in [7, 11) is 5.58. The van der Waals surface area contributed by atoms with E-state index in [2.05, 4.69) is 65.7 Å². The van der Waals surface area contributed by atoms with Crippen LogP contribution < -0.4 is 15.5 Å². The third kappa shape index (κ3) is 6.04. The van der Waals surface area contributed by atoms with Gasteiger partial charge in [-0.05, 0) is 26.0 Å². The number of guanidine groups is 1. The van der Waals surface area contributed by atoms with Gasteiger partial charge in [-0.15, -0.1) is 0 Å². The number of methoxy groups -OCH3 is 1. The third-order valence-corrected chi connectivity index (χ3v) is 3.41. The molecule has 0 aliphatic heterocycles. The molecule has 2 N–H and O–H groups in total. The van der Waals surface area contributed by atoms with Gasteiger partial charge in [-0.2, -0.15) is 0 Å². The molecule has 0 fully saturated rings. The lowest BCUT2D eigenvalue weighted by Gasteiger charge is -2.28. The fourth-order valence-corrected chi connectivity index (χ4v) is 2.02. The summed E-state index contributed by atoms with van der Waals surface area (Å²) in [5.41, 5.74) is 1.21. The predicted molar refractivity (Wildman–Crippen MR) is 90.1 cm³/mol. The highest BCUT2D eigenvalue weighted by Crippen LogP contribution is 2.13. The zero-order chi connectivity index (χ0) is 15.7. The van der Waals surface area contributed by atoms with Crippen molar-refractivity contribution in [2.45, 2.75) is 25.9 Å². The maximum atomic E-state index is 5.12. The summed E-state index contributed by atoms with van der Waals surface area (Å²) in [5.74, 6) is 0.799. The number of anilines is 1. The monoisotopic (exact) mass is 292 g/mol. The van der Waals surface area contributed by atoms with Crippen molar-refractivity contribution in [2.75, 3.05) is 39.3 Å². The number of benzene rings is 1. The summed E-state index contributed by atoms with van der Waals surface area (Å²) in [6, 6.07) is 10.9. The van der Waals surface area contributed by atoms with Gasteiger partial charge in [0.05, 0.1) is 6.61 Å². The summed E-state index contributed by atoms with van der Waals surface area (Å²) in [6.45, 7) is 5.71. The Bertz CT molecular complexity index is 422. The molecule has 0 amide bonds. The first-order valence-electron chi connectivity index (χ1n) is 7.32. The first kappa shape index (κ1) is 17.3. The molecular formula is C16H28N4O. The van der Waals surface area contributed by atoms with Gasteiger partial charge in [0.1, 0.15) is 0 Å². The minimum atomic E-state index is 0.225. The smallest absolute Gasteiger partial charge is 0.191 e. The van der Waals surface area contributed by atoms with Crippen LogP contribution in [0.2, 0.25) is 0 Å². The van der Waals surface area contributed by atoms with E-state index in [9.17, 15) is 0 Å². The van der Waals surface area contributed by atoms with Crippen LogP contribution in [0.15, 0.2) is 35.3 Å². The molecule has 0 aliphatic carbocycles. The molecule has 0 spiro atoms. The molecule has 2 atom stereocenters. The van der Waals surface area contributed by atoms with E-state index < -0.39 is 0 Å². The van der Waals surface area contributed by atoms with Gasteiger partial charge >= 0.3 is 0 Å². The van der Waals surface area contributed by atoms with Gasteiger partial charge in [0.15, 0.2) is 5.96 Å². The van der Waals surface area contributed by atoms with Crippen molar-refractivity contribution in [1.82, 2.24) is 10.6 Å². The van der Waals surface area contributed by atoms with E-state index in [1.807, 2.05) is 6.07 Å². The summed E-state index contributed by atoms with van der Waals surface area (Å²) < 4.78 is 5.12. The Kier molecular flexibility index (Phi) is 7.61. The number of nitrogens with zero attached hydrogens (tertiary/aromatic N) is 2. The lowest BCUT2D eigenvalue weighted by atomic mass is 10.2. The number of ether oxygens (including phenoxy) is 1. The summed E-state index contributed by atoms with van der Waals surface area (Å²) in [4.78, 5) is 6.48. The van der Waals surface area contributed by atoms with E-state index in [0.29, 0.717) is 12.6 Å². The zero-order valence-electron chi connectivity index (χ0n) is 13.8. The van der Waals surface area contributed by atoms with Crippen LogP contribution in [0.25, 0.3) is 0 Å². The van der Waals surface area contributed by atoms with Crippen LogP contribution in [0.4, 0.5) is 5.69 Å². The van der Waals surface area contributed by atoms with Gasteiger partial charge in [0.2, 0.25) is 0 Å². The van der Waals surface area contributed by atoms with Crippen molar-refractivity contribution in [3.05, 3.63) is 30.3 Å². The Morgan fingerprint density at radius 3 is 2.52 bits per heavy atom. The van der Waals surface area contributed by atoms with Crippen LogP contribution in [0.1, 0.15) is 13.8 Å². The van der Waals surface area contributed by atoms with E-state index in [1.165, 1.54) is 5.69 Å². The number of likely N-dealkylation sites (N-methyl/N-ethyl adjacent to an activating group) is 1. The van der Waals surface area contributed by atoms with Gasteiger partial charge in [-0.3, -0.25) is 4.99 Å². The molecular weight excluding hydrogens is 264 g/mol. The van der Waals surface area contributed by atoms with Crippen molar-refractivity contribution in [3.63, 3.8) is 0 Å². The molecule has 0 heterocycles. The molecule has 0 bridgehead atoms. The molecule has 1 aromatic rings. The van der Waals surface area contributed by atoms with Gasteiger partial charge in [-0.1, -0.05) is 18.2 Å². The largest absolute Gasteiger partial charge is 0.383 e.